The van der Waals surface area contributed by atoms with Crippen LogP contribution in [0.5, 0.6) is 11.5 Å². The van der Waals surface area contributed by atoms with Crippen LogP contribution in [0, 0.1) is 11.8 Å². The van der Waals surface area contributed by atoms with Crippen molar-refractivity contribution in [1.29, 1.82) is 0 Å². The van der Waals surface area contributed by atoms with Crippen LogP contribution in [0.4, 0.5) is 0 Å². The van der Waals surface area contributed by atoms with Gasteiger partial charge in [-0.05, 0) is 36.6 Å². The number of phenols is 1. The Bertz CT molecular complexity index is 707. The fraction of sp³-hybridized carbons (Fsp3) is 0.312. The van der Waals surface area contributed by atoms with E-state index < -0.39 is 29.2 Å². The van der Waals surface area contributed by atoms with Gasteiger partial charge in [0, 0.05) is 5.92 Å². The van der Waals surface area contributed by atoms with Gasteiger partial charge in [-0.2, -0.15) is 0 Å². The predicted octanol–water partition coefficient (Wildman–Crippen LogP) is 1.57. The smallest absolute Gasteiger partial charge is 0.311 e. The summed E-state index contributed by atoms with van der Waals surface area (Å²) in [6.45, 7) is 3.64. The molecule has 22 heavy (non-hydrogen) atoms. The molecule has 0 radical (unpaired) electrons. The Morgan fingerprint density at radius 3 is 2.68 bits per heavy atom. The number of aromatic hydroxyl groups is 1. The topological polar surface area (TPSA) is 101 Å². The second-order valence-corrected chi connectivity index (χ2v) is 5.62. The molecule has 0 saturated heterocycles. The van der Waals surface area contributed by atoms with Gasteiger partial charge in [0.15, 0.2) is 5.60 Å². The van der Waals surface area contributed by atoms with E-state index in [-0.39, 0.29) is 29.1 Å². The summed E-state index contributed by atoms with van der Waals surface area (Å²) in [7, 11) is 0. The van der Waals surface area contributed by atoms with Crippen LogP contribution in [0.1, 0.15) is 23.2 Å². The molecule has 0 amide bonds. The molecule has 0 aromatic heterocycles. The highest BCUT2D eigenvalue weighted by Gasteiger charge is 2.64. The number of fused-ring (bicyclic) bond motifs is 1. The zero-order chi connectivity index (χ0) is 16.1. The van der Waals surface area contributed by atoms with E-state index in [1.54, 1.807) is 0 Å². The van der Waals surface area contributed by atoms with E-state index in [1.807, 2.05) is 0 Å². The average molecular weight is 302 g/mol. The molecule has 3 atom stereocenters. The SMILES string of the molecule is C=C(C=O)[C@H]1CC[C@H](C(=O)O)[C@@]12Oc1ccc(O)cc1C2=O. The predicted molar refractivity (Wildman–Crippen MR) is 74.9 cm³/mol. The molecule has 2 aliphatic rings. The van der Waals surface area contributed by atoms with E-state index in [0.717, 1.165) is 0 Å². The van der Waals surface area contributed by atoms with Gasteiger partial charge in [0.1, 0.15) is 23.7 Å². The number of aliphatic carboxylic acids is 1. The Kier molecular flexibility index (Phi) is 3.05. The first kappa shape index (κ1) is 14.3. The summed E-state index contributed by atoms with van der Waals surface area (Å²) >= 11 is 0. The van der Waals surface area contributed by atoms with Gasteiger partial charge in [0.25, 0.3) is 0 Å². The minimum absolute atomic E-state index is 0.108. The van der Waals surface area contributed by atoms with Crippen LogP contribution in [0.2, 0.25) is 0 Å². The van der Waals surface area contributed by atoms with Crippen molar-refractivity contribution in [2.24, 2.45) is 11.8 Å². The number of carboxylic acids is 1. The summed E-state index contributed by atoms with van der Waals surface area (Å²) in [5.74, 6) is -3.30. The maximum absolute atomic E-state index is 12.9. The minimum Gasteiger partial charge on any atom is -0.508 e. The van der Waals surface area contributed by atoms with E-state index in [4.69, 9.17) is 4.74 Å². The van der Waals surface area contributed by atoms with Crippen molar-refractivity contribution in [3.05, 3.63) is 35.9 Å². The van der Waals surface area contributed by atoms with Crippen molar-refractivity contribution in [2.45, 2.75) is 18.4 Å². The Balaban J connectivity index is 2.16. The summed E-state index contributed by atoms with van der Waals surface area (Å²) in [5.41, 5.74) is -1.37. The van der Waals surface area contributed by atoms with Crippen LogP contribution in [-0.4, -0.2) is 33.9 Å². The molecule has 1 spiro atoms. The number of carbonyl (C=O) groups is 3. The maximum atomic E-state index is 12.9. The molecule has 1 fully saturated rings. The molecule has 1 aromatic rings. The van der Waals surface area contributed by atoms with Crippen LogP contribution in [0.3, 0.4) is 0 Å². The molecular weight excluding hydrogens is 288 g/mol. The number of hydrogen-bond donors (Lipinski definition) is 2. The van der Waals surface area contributed by atoms with Crippen LogP contribution < -0.4 is 4.74 Å². The van der Waals surface area contributed by atoms with Gasteiger partial charge in [-0.3, -0.25) is 14.4 Å². The number of hydrogen-bond acceptors (Lipinski definition) is 5. The molecule has 0 unspecified atom stereocenters. The highest BCUT2D eigenvalue weighted by Crippen LogP contribution is 2.53. The molecule has 0 bridgehead atoms. The van der Waals surface area contributed by atoms with Gasteiger partial charge >= 0.3 is 5.97 Å². The van der Waals surface area contributed by atoms with E-state index in [9.17, 15) is 24.6 Å². The third kappa shape index (κ3) is 1.70. The lowest BCUT2D eigenvalue weighted by Crippen LogP contribution is -2.52. The van der Waals surface area contributed by atoms with Crippen molar-refractivity contribution < 1.29 is 29.3 Å². The number of carboxylic acid groups (broad SMARTS) is 1. The number of ketones is 1. The largest absolute Gasteiger partial charge is 0.508 e. The zero-order valence-corrected chi connectivity index (χ0v) is 11.6. The fourth-order valence-electron chi connectivity index (χ4n) is 3.54. The van der Waals surface area contributed by atoms with E-state index >= 15 is 0 Å². The molecule has 1 heterocycles. The lowest BCUT2D eigenvalue weighted by Gasteiger charge is -2.32. The van der Waals surface area contributed by atoms with Crippen LogP contribution in [0.15, 0.2) is 30.4 Å². The number of aldehydes is 1. The second-order valence-electron chi connectivity index (χ2n) is 5.62. The van der Waals surface area contributed by atoms with Gasteiger partial charge < -0.3 is 14.9 Å². The van der Waals surface area contributed by atoms with Crippen molar-refractivity contribution in [3.63, 3.8) is 0 Å². The Morgan fingerprint density at radius 2 is 2.05 bits per heavy atom. The third-order valence-corrected chi connectivity index (χ3v) is 4.52. The molecule has 6 nitrogen and oxygen atoms in total. The number of carbonyl (C=O) groups excluding carboxylic acids is 2. The van der Waals surface area contributed by atoms with Crippen LogP contribution in [0.25, 0.3) is 0 Å². The lowest BCUT2D eigenvalue weighted by molar-refractivity contribution is -0.146. The van der Waals surface area contributed by atoms with Gasteiger partial charge in [-0.1, -0.05) is 6.58 Å². The van der Waals surface area contributed by atoms with Crippen molar-refractivity contribution in [1.82, 2.24) is 0 Å². The molecule has 114 valence electrons. The maximum Gasteiger partial charge on any atom is 0.311 e. The molecule has 1 saturated carbocycles. The van der Waals surface area contributed by atoms with Gasteiger partial charge in [-0.25, -0.2) is 0 Å². The number of benzene rings is 1. The first-order valence-corrected chi connectivity index (χ1v) is 6.85. The Morgan fingerprint density at radius 1 is 1.36 bits per heavy atom. The van der Waals surface area contributed by atoms with E-state index in [2.05, 4.69) is 6.58 Å². The molecule has 1 aliphatic carbocycles. The molecule has 2 N–H and O–H groups in total. The van der Waals surface area contributed by atoms with Crippen LogP contribution >= 0.6 is 0 Å². The standard InChI is InChI=1S/C16H14O6/c1-8(7-17)11-3-4-12(15(20)21)16(11)14(19)10-6-9(18)2-5-13(10)22-16/h2,5-7,11-12,18H,1,3-4H2,(H,20,21)/t11-,12-,16+/m1/s1. The number of phenolic OH excluding ortho intramolecular Hbond substituents is 1. The average Bonchev–Trinajstić information content (AvgIpc) is 2.99. The first-order chi connectivity index (χ1) is 10.4. The fourth-order valence-corrected chi connectivity index (χ4v) is 3.54. The lowest BCUT2D eigenvalue weighted by atomic mass is 9.77. The monoisotopic (exact) mass is 302 g/mol. The van der Waals surface area contributed by atoms with Crippen LogP contribution in [-0.2, 0) is 9.59 Å². The second kappa shape index (κ2) is 4.69. The summed E-state index contributed by atoms with van der Waals surface area (Å²) < 4.78 is 5.77. The summed E-state index contributed by atoms with van der Waals surface area (Å²) in [6.07, 6.45) is 1.09. The molecule has 3 rings (SSSR count). The van der Waals surface area contributed by atoms with Crippen molar-refractivity contribution in [3.8, 4) is 11.5 Å². The molecular formula is C16H14O6. The molecule has 1 aliphatic heterocycles. The van der Waals surface area contributed by atoms with E-state index in [0.29, 0.717) is 12.7 Å². The Labute approximate surface area is 126 Å². The normalized spacial score (nSPS) is 29.2. The van der Waals surface area contributed by atoms with Gasteiger partial charge in [0.2, 0.25) is 5.78 Å². The van der Waals surface area contributed by atoms with E-state index in [1.165, 1.54) is 18.2 Å². The number of rotatable bonds is 3. The van der Waals surface area contributed by atoms with Gasteiger partial charge in [0.05, 0.1) is 5.56 Å². The highest BCUT2D eigenvalue weighted by molar-refractivity contribution is 6.11. The zero-order valence-electron chi connectivity index (χ0n) is 11.6. The Hall–Kier alpha value is -2.63. The molecule has 6 heteroatoms. The number of Topliss-reactive ketones (excluding diaryl/α,β-unsaturated/α-hetero) is 1. The first-order valence-electron chi connectivity index (χ1n) is 6.85. The molecule has 1 aromatic carbocycles. The van der Waals surface area contributed by atoms with Crippen molar-refractivity contribution >= 4 is 18.0 Å². The minimum atomic E-state index is -1.65. The third-order valence-electron chi connectivity index (χ3n) is 4.52. The van der Waals surface area contributed by atoms with Gasteiger partial charge in [-0.15, -0.1) is 0 Å². The quantitative estimate of drug-likeness (QED) is 0.649. The summed E-state index contributed by atoms with van der Waals surface area (Å²) in [6, 6.07) is 4.04. The summed E-state index contributed by atoms with van der Waals surface area (Å²) in [5, 5.41) is 19.0. The number of ether oxygens (including phenoxy) is 1. The highest BCUT2D eigenvalue weighted by atomic mass is 16.5. The summed E-state index contributed by atoms with van der Waals surface area (Å²) in [4.78, 5) is 35.5. The van der Waals surface area contributed by atoms with Crippen molar-refractivity contribution in [2.75, 3.05) is 0 Å².